The highest BCUT2D eigenvalue weighted by molar-refractivity contribution is 5.85. The van der Waals surface area contributed by atoms with E-state index in [1.807, 2.05) is 6.07 Å². The molecular weight excluding hydrogens is 360 g/mol. The molecule has 152 valence electrons. The maximum Gasteiger partial charge on any atom is 0.223 e. The Morgan fingerprint density at radius 1 is 1.11 bits per heavy atom. The molecule has 1 aromatic rings. The van der Waals surface area contributed by atoms with Crippen LogP contribution in [0.5, 0.6) is 0 Å². The Morgan fingerprint density at radius 2 is 1.78 bits per heavy atom. The molecule has 0 aromatic heterocycles. The van der Waals surface area contributed by atoms with E-state index in [1.165, 1.54) is 24.8 Å². The van der Waals surface area contributed by atoms with E-state index in [0.717, 1.165) is 45.4 Å². The number of nitrogens with two attached hydrogens (primary N) is 1. The fourth-order valence-electron chi connectivity index (χ4n) is 4.49. The van der Waals surface area contributed by atoms with E-state index in [-0.39, 0.29) is 23.7 Å². The van der Waals surface area contributed by atoms with E-state index >= 15 is 0 Å². The molecule has 3 rings (SSSR count). The molecule has 1 aliphatic heterocycles. The Kier molecular flexibility index (Phi) is 9.07. The molecule has 0 unspecified atom stereocenters. The van der Waals surface area contributed by atoms with Crippen LogP contribution < -0.4 is 5.73 Å². The first-order chi connectivity index (χ1) is 12.7. The first-order valence-corrected chi connectivity index (χ1v) is 10.3. The Bertz CT molecular complexity index is 555. The molecule has 1 amide bonds. The molecule has 27 heavy (non-hydrogen) atoms. The van der Waals surface area contributed by atoms with Crippen LogP contribution in [0.3, 0.4) is 0 Å². The molecule has 1 aromatic carbocycles. The molecule has 0 bridgehead atoms. The van der Waals surface area contributed by atoms with Gasteiger partial charge in [0.1, 0.15) is 0 Å². The second-order valence-corrected chi connectivity index (χ2v) is 8.26. The molecule has 1 heterocycles. The fourth-order valence-corrected chi connectivity index (χ4v) is 4.49. The largest absolute Gasteiger partial charge is 0.381 e. The van der Waals surface area contributed by atoms with Crippen molar-refractivity contribution in [1.82, 2.24) is 4.90 Å². The molecule has 4 nitrogen and oxygen atoms in total. The van der Waals surface area contributed by atoms with Crippen LogP contribution in [-0.4, -0.2) is 37.1 Å². The summed E-state index contributed by atoms with van der Waals surface area (Å²) in [6, 6.07) is 10.4. The van der Waals surface area contributed by atoms with Gasteiger partial charge in [-0.2, -0.15) is 0 Å². The maximum atomic E-state index is 13.3. The lowest BCUT2D eigenvalue weighted by molar-refractivity contribution is -0.136. The zero-order chi connectivity index (χ0) is 18.2. The van der Waals surface area contributed by atoms with Crippen molar-refractivity contribution < 1.29 is 9.53 Å². The second kappa shape index (κ2) is 11.0. The Morgan fingerprint density at radius 3 is 2.41 bits per heavy atom. The summed E-state index contributed by atoms with van der Waals surface area (Å²) < 4.78 is 5.49. The summed E-state index contributed by atoms with van der Waals surface area (Å²) in [4.78, 5) is 15.4. The predicted octanol–water partition coefficient (Wildman–Crippen LogP) is 4.16. The van der Waals surface area contributed by atoms with Crippen LogP contribution in [0.25, 0.3) is 0 Å². The van der Waals surface area contributed by atoms with E-state index in [0.29, 0.717) is 25.4 Å². The number of benzene rings is 1. The van der Waals surface area contributed by atoms with Crippen LogP contribution in [0.15, 0.2) is 30.3 Å². The van der Waals surface area contributed by atoms with Crippen LogP contribution in [0.1, 0.15) is 56.9 Å². The van der Waals surface area contributed by atoms with Crippen molar-refractivity contribution in [3.8, 4) is 0 Å². The number of halogens is 1. The van der Waals surface area contributed by atoms with Gasteiger partial charge in [-0.1, -0.05) is 49.6 Å². The molecule has 0 spiro atoms. The zero-order valence-corrected chi connectivity index (χ0v) is 17.2. The third-order valence-electron chi connectivity index (χ3n) is 6.26. The summed E-state index contributed by atoms with van der Waals surface area (Å²) >= 11 is 0. The highest BCUT2D eigenvalue weighted by Crippen LogP contribution is 2.39. The second-order valence-electron chi connectivity index (χ2n) is 8.26. The average molecular weight is 395 g/mol. The van der Waals surface area contributed by atoms with Crippen LogP contribution in [0.2, 0.25) is 0 Å². The monoisotopic (exact) mass is 394 g/mol. The highest BCUT2D eigenvalue weighted by atomic mass is 35.5. The topological polar surface area (TPSA) is 55.6 Å². The maximum absolute atomic E-state index is 13.3. The summed E-state index contributed by atoms with van der Waals surface area (Å²) in [5.41, 5.74) is 7.37. The number of hydrogen-bond donors (Lipinski definition) is 1. The Hall–Kier alpha value is -1.10. The first-order valence-electron chi connectivity index (χ1n) is 10.3. The smallest absolute Gasteiger partial charge is 0.223 e. The molecular formula is C22H35ClN2O2. The fraction of sp³-hybridized carbons (Fsp3) is 0.682. The quantitative estimate of drug-likeness (QED) is 0.755. The number of nitrogens with zero attached hydrogens (tertiary/aromatic N) is 1. The number of carbonyl (C=O) groups excluding carboxylic acids is 1. The molecule has 0 radical (unpaired) electrons. The standard InChI is InChI=1S/C22H34N2O2.ClH/c23-18-22(11-5-2-6-12-22)15-21(25)24(16-19-7-3-1-4-8-19)17-20-9-13-26-14-10-20;/h1,3-4,7-8,20H,2,5-6,9-18,23H2;1H. The minimum absolute atomic E-state index is 0. The molecule has 0 atom stereocenters. The van der Waals surface area contributed by atoms with E-state index in [1.54, 1.807) is 0 Å². The van der Waals surface area contributed by atoms with Gasteiger partial charge in [0.15, 0.2) is 0 Å². The van der Waals surface area contributed by atoms with Gasteiger partial charge in [0, 0.05) is 32.7 Å². The zero-order valence-electron chi connectivity index (χ0n) is 16.4. The molecule has 2 aliphatic rings. The molecule has 1 saturated heterocycles. The predicted molar refractivity (Wildman–Crippen MR) is 112 cm³/mol. The molecule has 1 saturated carbocycles. The number of hydrogen-bond acceptors (Lipinski definition) is 3. The molecule has 2 fully saturated rings. The van der Waals surface area contributed by atoms with Gasteiger partial charge in [-0.15, -0.1) is 12.4 Å². The SMILES string of the molecule is Cl.NCC1(CC(=O)N(Cc2ccccc2)CC2CCOCC2)CCCCC1. The van der Waals surface area contributed by atoms with Gasteiger partial charge in [0.05, 0.1) is 0 Å². The molecule has 2 N–H and O–H groups in total. The van der Waals surface area contributed by atoms with E-state index < -0.39 is 0 Å². The summed E-state index contributed by atoms with van der Waals surface area (Å²) in [6.45, 7) is 3.83. The average Bonchev–Trinajstić information content (AvgIpc) is 2.70. The molecule has 1 aliphatic carbocycles. The number of carbonyl (C=O) groups is 1. The van der Waals surface area contributed by atoms with Crippen molar-refractivity contribution in [3.05, 3.63) is 35.9 Å². The molecule has 5 heteroatoms. The van der Waals surface area contributed by atoms with Crippen LogP contribution in [0.4, 0.5) is 0 Å². The summed E-state index contributed by atoms with van der Waals surface area (Å²) in [7, 11) is 0. The number of ether oxygens (including phenoxy) is 1. The van der Waals surface area contributed by atoms with Gasteiger partial charge in [-0.3, -0.25) is 4.79 Å². The van der Waals surface area contributed by atoms with Crippen molar-refractivity contribution in [3.63, 3.8) is 0 Å². The third kappa shape index (κ3) is 6.48. The normalized spacial score (nSPS) is 19.9. The van der Waals surface area contributed by atoms with E-state index in [9.17, 15) is 4.79 Å². The van der Waals surface area contributed by atoms with Crippen molar-refractivity contribution in [1.29, 1.82) is 0 Å². The van der Waals surface area contributed by atoms with Gasteiger partial charge in [0.25, 0.3) is 0 Å². The first kappa shape index (κ1) is 22.2. The van der Waals surface area contributed by atoms with Gasteiger partial charge in [-0.25, -0.2) is 0 Å². The van der Waals surface area contributed by atoms with Gasteiger partial charge in [-0.05, 0) is 49.1 Å². The lowest BCUT2D eigenvalue weighted by atomic mass is 9.71. The minimum atomic E-state index is 0. The summed E-state index contributed by atoms with van der Waals surface area (Å²) in [5, 5.41) is 0. The van der Waals surface area contributed by atoms with Crippen molar-refractivity contribution >= 4 is 18.3 Å². The van der Waals surface area contributed by atoms with Crippen molar-refractivity contribution in [2.45, 2.75) is 57.9 Å². The lowest BCUT2D eigenvalue weighted by Crippen LogP contribution is -2.42. The highest BCUT2D eigenvalue weighted by Gasteiger charge is 2.35. The Labute approximate surface area is 170 Å². The van der Waals surface area contributed by atoms with Gasteiger partial charge in [0.2, 0.25) is 5.91 Å². The number of amides is 1. The lowest BCUT2D eigenvalue weighted by Gasteiger charge is -2.38. The van der Waals surface area contributed by atoms with Crippen LogP contribution >= 0.6 is 12.4 Å². The Balaban J connectivity index is 0.00000261. The summed E-state index contributed by atoms with van der Waals surface area (Å²) in [5.74, 6) is 0.837. The number of rotatable bonds is 7. The van der Waals surface area contributed by atoms with E-state index in [4.69, 9.17) is 10.5 Å². The third-order valence-corrected chi connectivity index (χ3v) is 6.26. The van der Waals surface area contributed by atoms with Gasteiger partial charge >= 0.3 is 0 Å². The van der Waals surface area contributed by atoms with Crippen LogP contribution in [0, 0.1) is 11.3 Å². The van der Waals surface area contributed by atoms with Crippen molar-refractivity contribution in [2.24, 2.45) is 17.1 Å². The minimum Gasteiger partial charge on any atom is -0.381 e. The summed E-state index contributed by atoms with van der Waals surface area (Å²) in [6.07, 6.45) is 8.64. The van der Waals surface area contributed by atoms with Crippen LogP contribution in [-0.2, 0) is 16.1 Å². The van der Waals surface area contributed by atoms with Gasteiger partial charge < -0.3 is 15.4 Å². The van der Waals surface area contributed by atoms with E-state index in [2.05, 4.69) is 29.2 Å². The van der Waals surface area contributed by atoms with Crippen molar-refractivity contribution in [2.75, 3.05) is 26.3 Å².